The molecule has 0 atom stereocenters. The molecule has 0 saturated carbocycles. The molecule has 0 bridgehead atoms. The molecule has 1 aromatic carbocycles. The first kappa shape index (κ1) is 16.4. The molecular formula is C19H20N4O3. The zero-order valence-corrected chi connectivity index (χ0v) is 14.5. The lowest BCUT2D eigenvalue weighted by atomic mass is 10.0. The summed E-state index contributed by atoms with van der Waals surface area (Å²) < 4.78 is 3.24. The number of nitrogens with one attached hydrogen (secondary N) is 1. The number of likely N-dealkylation sites (tertiary alicyclic amines) is 1. The van der Waals surface area contributed by atoms with Crippen LogP contribution >= 0.6 is 0 Å². The van der Waals surface area contributed by atoms with E-state index in [2.05, 4.69) is 4.98 Å². The number of fused-ring (bicyclic) bond motifs is 1. The van der Waals surface area contributed by atoms with Gasteiger partial charge in [0.05, 0.1) is 11.0 Å². The first-order valence-electron chi connectivity index (χ1n) is 8.70. The molecule has 0 unspecified atom stereocenters. The van der Waals surface area contributed by atoms with Gasteiger partial charge in [-0.3, -0.25) is 14.2 Å². The minimum atomic E-state index is -0.198. The number of aryl methyl sites for hydroxylation is 1. The van der Waals surface area contributed by atoms with Crippen LogP contribution in [0.25, 0.3) is 11.0 Å². The van der Waals surface area contributed by atoms with E-state index in [0.29, 0.717) is 31.5 Å². The number of imidazole rings is 1. The lowest BCUT2D eigenvalue weighted by Crippen LogP contribution is -2.40. The van der Waals surface area contributed by atoms with Gasteiger partial charge in [0.15, 0.2) is 0 Å². The smallest absolute Gasteiger partial charge is 0.326 e. The van der Waals surface area contributed by atoms with Crippen molar-refractivity contribution in [1.29, 1.82) is 0 Å². The van der Waals surface area contributed by atoms with Crippen molar-refractivity contribution < 1.29 is 4.79 Å². The summed E-state index contributed by atoms with van der Waals surface area (Å²) in [6.45, 7) is 1.12. The van der Waals surface area contributed by atoms with E-state index in [9.17, 15) is 14.4 Å². The van der Waals surface area contributed by atoms with Crippen molar-refractivity contribution in [2.75, 3.05) is 13.1 Å². The highest BCUT2D eigenvalue weighted by molar-refractivity contribution is 5.94. The first-order chi connectivity index (χ1) is 12.5. The minimum absolute atomic E-state index is 0.0614. The second kappa shape index (κ2) is 6.33. The van der Waals surface area contributed by atoms with Gasteiger partial charge >= 0.3 is 5.69 Å². The summed E-state index contributed by atoms with van der Waals surface area (Å²) in [7, 11) is 1.65. The number of hydrogen-bond acceptors (Lipinski definition) is 3. The molecule has 4 rings (SSSR count). The highest BCUT2D eigenvalue weighted by Crippen LogP contribution is 2.25. The molecule has 134 valence electrons. The Bertz CT molecular complexity index is 1080. The number of carbonyl (C=O) groups is 1. The van der Waals surface area contributed by atoms with E-state index in [4.69, 9.17) is 0 Å². The van der Waals surface area contributed by atoms with Gasteiger partial charge in [-0.15, -0.1) is 0 Å². The van der Waals surface area contributed by atoms with Crippen LogP contribution in [-0.4, -0.2) is 38.0 Å². The highest BCUT2D eigenvalue weighted by atomic mass is 16.2. The van der Waals surface area contributed by atoms with Crippen LogP contribution < -0.4 is 11.2 Å². The molecule has 0 radical (unpaired) electrons. The summed E-state index contributed by atoms with van der Waals surface area (Å²) >= 11 is 0. The maximum absolute atomic E-state index is 12.6. The average Bonchev–Trinajstić information content (AvgIpc) is 2.99. The van der Waals surface area contributed by atoms with Gasteiger partial charge in [0, 0.05) is 44.0 Å². The summed E-state index contributed by atoms with van der Waals surface area (Å²) in [5.41, 5.74) is 1.83. The van der Waals surface area contributed by atoms with Crippen LogP contribution in [0.5, 0.6) is 0 Å². The van der Waals surface area contributed by atoms with Gasteiger partial charge in [-0.25, -0.2) is 4.79 Å². The van der Waals surface area contributed by atoms with Gasteiger partial charge < -0.3 is 14.5 Å². The predicted octanol–water partition coefficient (Wildman–Crippen LogP) is 1.51. The standard InChI is InChI=1S/C19H20N4O3/c1-21-9-6-13(12-17(21)24)18(25)22-10-7-14(8-11-22)23-16-5-3-2-4-15(16)20-19(23)26/h2-6,9,12,14H,7-8,10-11H2,1H3,(H,20,26). The third kappa shape index (κ3) is 2.75. The molecule has 7 nitrogen and oxygen atoms in total. The molecular weight excluding hydrogens is 332 g/mol. The number of pyridine rings is 1. The van der Waals surface area contributed by atoms with Crippen molar-refractivity contribution in [3.05, 3.63) is 69.0 Å². The summed E-state index contributed by atoms with van der Waals surface area (Å²) in [4.78, 5) is 41.4. The summed E-state index contributed by atoms with van der Waals surface area (Å²) in [6, 6.07) is 10.7. The Balaban J connectivity index is 1.52. The van der Waals surface area contributed by atoms with Gasteiger partial charge in [0.25, 0.3) is 11.5 Å². The number of nitrogens with zero attached hydrogens (tertiary/aromatic N) is 3. The Kier molecular flexibility index (Phi) is 3.99. The molecule has 1 fully saturated rings. The van der Waals surface area contributed by atoms with Crippen LogP contribution in [0.2, 0.25) is 0 Å². The normalized spacial score (nSPS) is 15.5. The van der Waals surface area contributed by atoms with Gasteiger partial charge in [-0.05, 0) is 31.0 Å². The number of hydrogen-bond donors (Lipinski definition) is 1. The molecule has 26 heavy (non-hydrogen) atoms. The number of aromatic nitrogens is 3. The van der Waals surface area contributed by atoms with Crippen molar-refractivity contribution in [3.63, 3.8) is 0 Å². The van der Waals surface area contributed by atoms with Crippen LogP contribution in [0, 0.1) is 0 Å². The maximum atomic E-state index is 12.6. The topological polar surface area (TPSA) is 80.1 Å². The molecule has 1 aliphatic heterocycles. The second-order valence-corrected chi connectivity index (χ2v) is 6.71. The molecule has 3 aromatic rings. The number of H-pyrrole nitrogens is 1. The molecule has 2 aromatic heterocycles. The lowest BCUT2D eigenvalue weighted by Gasteiger charge is -2.32. The summed E-state index contributed by atoms with van der Waals surface area (Å²) in [5.74, 6) is -0.132. The van der Waals surface area contributed by atoms with Crippen molar-refractivity contribution in [1.82, 2.24) is 19.0 Å². The molecule has 1 amide bonds. The van der Waals surface area contributed by atoms with Crippen molar-refractivity contribution in [2.45, 2.75) is 18.9 Å². The molecule has 3 heterocycles. The zero-order chi connectivity index (χ0) is 18.3. The van der Waals surface area contributed by atoms with Gasteiger partial charge in [-0.1, -0.05) is 12.1 Å². The third-order valence-corrected chi connectivity index (χ3v) is 5.09. The van der Waals surface area contributed by atoms with Gasteiger partial charge in [0.2, 0.25) is 0 Å². The summed E-state index contributed by atoms with van der Waals surface area (Å²) in [5, 5.41) is 0. The van der Waals surface area contributed by atoms with Crippen molar-refractivity contribution in [2.24, 2.45) is 7.05 Å². The number of rotatable bonds is 2. The Hall–Kier alpha value is -3.09. The van der Waals surface area contributed by atoms with E-state index in [1.54, 1.807) is 28.8 Å². The lowest BCUT2D eigenvalue weighted by molar-refractivity contribution is 0.0694. The molecule has 0 aliphatic carbocycles. The van der Waals surface area contributed by atoms with Crippen LogP contribution in [0.15, 0.2) is 52.2 Å². The number of piperidine rings is 1. The Morgan fingerprint density at radius 3 is 2.58 bits per heavy atom. The van der Waals surface area contributed by atoms with E-state index in [-0.39, 0.29) is 23.2 Å². The van der Waals surface area contributed by atoms with Crippen LogP contribution in [0.4, 0.5) is 0 Å². The van der Waals surface area contributed by atoms with E-state index in [1.807, 2.05) is 24.3 Å². The number of para-hydroxylation sites is 2. The number of benzene rings is 1. The van der Waals surface area contributed by atoms with Crippen LogP contribution in [0.3, 0.4) is 0 Å². The third-order valence-electron chi connectivity index (χ3n) is 5.09. The second-order valence-electron chi connectivity index (χ2n) is 6.71. The zero-order valence-electron chi connectivity index (χ0n) is 14.5. The largest absolute Gasteiger partial charge is 0.338 e. The highest BCUT2D eigenvalue weighted by Gasteiger charge is 2.26. The van der Waals surface area contributed by atoms with Gasteiger partial charge in [0.1, 0.15) is 0 Å². The van der Waals surface area contributed by atoms with Crippen molar-refractivity contribution >= 4 is 16.9 Å². The number of aromatic amines is 1. The SMILES string of the molecule is Cn1ccc(C(=O)N2CCC(n3c(=O)[nH]c4ccccc43)CC2)cc1=O. The Morgan fingerprint density at radius 1 is 1.12 bits per heavy atom. The Morgan fingerprint density at radius 2 is 1.85 bits per heavy atom. The van der Waals surface area contributed by atoms with E-state index >= 15 is 0 Å². The van der Waals surface area contributed by atoms with Crippen LogP contribution in [-0.2, 0) is 7.05 Å². The Labute approximate surface area is 149 Å². The molecule has 0 spiro atoms. The van der Waals surface area contributed by atoms with Crippen molar-refractivity contribution in [3.8, 4) is 0 Å². The van der Waals surface area contributed by atoms with Gasteiger partial charge in [-0.2, -0.15) is 0 Å². The van der Waals surface area contributed by atoms with E-state index in [0.717, 1.165) is 11.0 Å². The fraction of sp³-hybridized carbons (Fsp3) is 0.316. The first-order valence-corrected chi connectivity index (χ1v) is 8.70. The maximum Gasteiger partial charge on any atom is 0.326 e. The number of carbonyl (C=O) groups excluding carboxylic acids is 1. The molecule has 7 heteroatoms. The van der Waals surface area contributed by atoms with E-state index in [1.165, 1.54) is 10.6 Å². The monoisotopic (exact) mass is 352 g/mol. The van der Waals surface area contributed by atoms with Crippen LogP contribution in [0.1, 0.15) is 29.2 Å². The molecule has 1 saturated heterocycles. The molecule has 1 N–H and O–H groups in total. The fourth-order valence-electron chi connectivity index (χ4n) is 3.63. The number of amides is 1. The quantitative estimate of drug-likeness (QED) is 0.759. The average molecular weight is 352 g/mol. The van der Waals surface area contributed by atoms with E-state index < -0.39 is 0 Å². The minimum Gasteiger partial charge on any atom is -0.338 e. The molecule has 1 aliphatic rings. The predicted molar refractivity (Wildman–Crippen MR) is 98.4 cm³/mol. The summed E-state index contributed by atoms with van der Waals surface area (Å²) in [6.07, 6.45) is 3.02. The fourth-order valence-corrected chi connectivity index (χ4v) is 3.63.